The number of nitrogen functional groups attached to an aromatic ring is 1. The number of nitrogens with two attached hydrogens (primary N) is 1. The summed E-state index contributed by atoms with van der Waals surface area (Å²) in [7, 11) is 0. The van der Waals surface area contributed by atoms with Gasteiger partial charge in [0.1, 0.15) is 11.6 Å². The molecular formula is C17H12FNO2. The molecule has 0 bridgehead atoms. The van der Waals surface area contributed by atoms with E-state index in [0.717, 1.165) is 0 Å². The van der Waals surface area contributed by atoms with Gasteiger partial charge in [0, 0.05) is 5.56 Å². The number of rotatable bonds is 3. The largest absolute Gasteiger partial charge is 0.440 e. The SMILES string of the molecule is Nc1oc(-c2ccccc2F)cc1C(=O)c1ccccc1. The molecule has 3 rings (SSSR count). The average molecular weight is 281 g/mol. The number of benzene rings is 2. The zero-order chi connectivity index (χ0) is 14.8. The van der Waals surface area contributed by atoms with Crippen molar-refractivity contribution in [2.75, 3.05) is 5.73 Å². The van der Waals surface area contributed by atoms with Gasteiger partial charge in [-0.25, -0.2) is 4.39 Å². The van der Waals surface area contributed by atoms with Crippen molar-refractivity contribution in [3.8, 4) is 11.3 Å². The molecule has 3 aromatic rings. The maximum atomic E-state index is 13.8. The molecule has 0 aliphatic rings. The highest BCUT2D eigenvalue weighted by Crippen LogP contribution is 2.30. The van der Waals surface area contributed by atoms with E-state index in [1.807, 2.05) is 6.07 Å². The third-order valence-corrected chi connectivity index (χ3v) is 3.18. The van der Waals surface area contributed by atoms with Gasteiger partial charge in [-0.05, 0) is 18.2 Å². The third-order valence-electron chi connectivity index (χ3n) is 3.18. The number of furan rings is 1. The van der Waals surface area contributed by atoms with E-state index >= 15 is 0 Å². The maximum Gasteiger partial charge on any atom is 0.202 e. The number of halogens is 1. The molecule has 0 atom stereocenters. The van der Waals surface area contributed by atoms with Crippen LogP contribution in [0.5, 0.6) is 0 Å². The van der Waals surface area contributed by atoms with Gasteiger partial charge in [-0.15, -0.1) is 0 Å². The quantitative estimate of drug-likeness (QED) is 0.741. The Morgan fingerprint density at radius 2 is 1.67 bits per heavy atom. The number of hydrogen-bond donors (Lipinski definition) is 1. The fourth-order valence-electron chi connectivity index (χ4n) is 2.12. The minimum Gasteiger partial charge on any atom is -0.440 e. The maximum absolute atomic E-state index is 13.8. The summed E-state index contributed by atoms with van der Waals surface area (Å²) < 4.78 is 19.1. The second-order valence-electron chi connectivity index (χ2n) is 4.56. The van der Waals surface area contributed by atoms with Gasteiger partial charge in [-0.3, -0.25) is 4.79 Å². The molecule has 0 radical (unpaired) electrons. The summed E-state index contributed by atoms with van der Waals surface area (Å²) in [4.78, 5) is 12.4. The Balaban J connectivity index is 2.03. The van der Waals surface area contributed by atoms with Crippen molar-refractivity contribution in [2.45, 2.75) is 0 Å². The van der Waals surface area contributed by atoms with E-state index in [9.17, 15) is 9.18 Å². The van der Waals surface area contributed by atoms with Crippen molar-refractivity contribution in [3.63, 3.8) is 0 Å². The molecule has 0 aliphatic carbocycles. The highest BCUT2D eigenvalue weighted by atomic mass is 19.1. The highest BCUT2D eigenvalue weighted by Gasteiger charge is 2.19. The molecule has 21 heavy (non-hydrogen) atoms. The molecule has 1 aromatic heterocycles. The Hall–Kier alpha value is -2.88. The van der Waals surface area contributed by atoms with Crippen LogP contribution in [0.15, 0.2) is 65.1 Å². The summed E-state index contributed by atoms with van der Waals surface area (Å²) in [5.41, 5.74) is 6.77. The average Bonchev–Trinajstić information content (AvgIpc) is 2.89. The second-order valence-corrected chi connectivity index (χ2v) is 4.56. The third kappa shape index (κ3) is 2.43. The first kappa shape index (κ1) is 13.1. The number of carbonyl (C=O) groups is 1. The lowest BCUT2D eigenvalue weighted by Gasteiger charge is -1.97. The normalized spacial score (nSPS) is 10.5. The van der Waals surface area contributed by atoms with Crippen LogP contribution in [0.2, 0.25) is 0 Å². The van der Waals surface area contributed by atoms with Crippen LogP contribution in [0.3, 0.4) is 0 Å². The Kier molecular flexibility index (Phi) is 3.28. The molecule has 0 unspecified atom stereocenters. The summed E-state index contributed by atoms with van der Waals surface area (Å²) in [6, 6.07) is 16.4. The first-order valence-electron chi connectivity index (χ1n) is 6.41. The minimum absolute atomic E-state index is 0.0119. The van der Waals surface area contributed by atoms with Gasteiger partial charge in [0.2, 0.25) is 5.88 Å². The van der Waals surface area contributed by atoms with Crippen LogP contribution >= 0.6 is 0 Å². The first-order valence-corrected chi connectivity index (χ1v) is 6.41. The predicted molar refractivity (Wildman–Crippen MR) is 78.4 cm³/mol. The topological polar surface area (TPSA) is 56.2 Å². The van der Waals surface area contributed by atoms with Crippen molar-refractivity contribution < 1.29 is 13.6 Å². The zero-order valence-electron chi connectivity index (χ0n) is 11.0. The molecule has 0 saturated heterocycles. The lowest BCUT2D eigenvalue weighted by molar-refractivity contribution is 0.103. The van der Waals surface area contributed by atoms with Crippen LogP contribution in [0, 0.1) is 5.82 Å². The molecule has 1 heterocycles. The van der Waals surface area contributed by atoms with Gasteiger partial charge in [0.05, 0.1) is 11.1 Å². The molecule has 0 aliphatic heterocycles. The molecule has 104 valence electrons. The lowest BCUT2D eigenvalue weighted by Crippen LogP contribution is -2.02. The molecule has 0 fully saturated rings. The fourth-order valence-corrected chi connectivity index (χ4v) is 2.12. The number of anilines is 1. The summed E-state index contributed by atoms with van der Waals surface area (Å²) in [5, 5.41) is 0. The van der Waals surface area contributed by atoms with Crippen LogP contribution < -0.4 is 5.73 Å². The Labute approximate surface area is 120 Å². The highest BCUT2D eigenvalue weighted by molar-refractivity contribution is 6.12. The van der Waals surface area contributed by atoms with Gasteiger partial charge >= 0.3 is 0 Å². The van der Waals surface area contributed by atoms with Gasteiger partial charge < -0.3 is 10.2 Å². The number of carbonyl (C=O) groups excluding carboxylic acids is 1. The Bertz CT molecular complexity index is 794. The van der Waals surface area contributed by atoms with Crippen molar-refractivity contribution in [2.24, 2.45) is 0 Å². The van der Waals surface area contributed by atoms with Crippen molar-refractivity contribution in [1.82, 2.24) is 0 Å². The van der Waals surface area contributed by atoms with Gasteiger partial charge in [-0.2, -0.15) is 0 Å². The van der Waals surface area contributed by atoms with E-state index in [1.165, 1.54) is 12.1 Å². The van der Waals surface area contributed by atoms with Crippen LogP contribution in [-0.2, 0) is 0 Å². The van der Waals surface area contributed by atoms with E-state index < -0.39 is 5.82 Å². The molecule has 4 heteroatoms. The Morgan fingerprint density at radius 1 is 1.00 bits per heavy atom. The molecule has 0 amide bonds. The molecule has 0 spiro atoms. The molecule has 3 nitrogen and oxygen atoms in total. The summed E-state index contributed by atoms with van der Waals surface area (Å²) in [6.07, 6.45) is 0. The van der Waals surface area contributed by atoms with Crippen molar-refractivity contribution in [3.05, 3.63) is 77.6 Å². The van der Waals surface area contributed by atoms with Gasteiger partial charge in [-0.1, -0.05) is 42.5 Å². The molecular weight excluding hydrogens is 269 g/mol. The van der Waals surface area contributed by atoms with Crippen molar-refractivity contribution in [1.29, 1.82) is 0 Å². The summed E-state index contributed by atoms with van der Waals surface area (Å²) >= 11 is 0. The van der Waals surface area contributed by atoms with Crippen LogP contribution in [-0.4, -0.2) is 5.78 Å². The molecule has 2 N–H and O–H groups in total. The fraction of sp³-hybridized carbons (Fsp3) is 0. The van der Waals surface area contributed by atoms with E-state index in [4.69, 9.17) is 10.2 Å². The summed E-state index contributed by atoms with van der Waals surface area (Å²) in [5.74, 6) is -0.448. The summed E-state index contributed by atoms with van der Waals surface area (Å²) in [6.45, 7) is 0. The van der Waals surface area contributed by atoms with Crippen LogP contribution in [0.4, 0.5) is 10.3 Å². The smallest absolute Gasteiger partial charge is 0.202 e. The number of hydrogen-bond acceptors (Lipinski definition) is 3. The van der Waals surface area contributed by atoms with Crippen molar-refractivity contribution >= 4 is 11.7 Å². The van der Waals surface area contributed by atoms with Crippen LogP contribution in [0.25, 0.3) is 11.3 Å². The number of ketones is 1. The second kappa shape index (κ2) is 5.25. The standard InChI is InChI=1S/C17H12FNO2/c18-14-9-5-4-8-12(14)15-10-13(17(19)21-15)16(20)11-6-2-1-3-7-11/h1-10H,19H2. The van der Waals surface area contributed by atoms with E-state index in [0.29, 0.717) is 5.56 Å². The lowest BCUT2D eigenvalue weighted by atomic mass is 10.0. The van der Waals surface area contributed by atoms with E-state index in [-0.39, 0.29) is 28.6 Å². The first-order chi connectivity index (χ1) is 10.2. The minimum atomic E-state index is -0.426. The van der Waals surface area contributed by atoms with Gasteiger partial charge in [0.15, 0.2) is 5.78 Å². The zero-order valence-corrected chi connectivity index (χ0v) is 11.0. The Morgan fingerprint density at radius 3 is 2.38 bits per heavy atom. The van der Waals surface area contributed by atoms with Crippen LogP contribution in [0.1, 0.15) is 15.9 Å². The molecule has 2 aromatic carbocycles. The van der Waals surface area contributed by atoms with E-state index in [1.54, 1.807) is 42.5 Å². The molecule has 0 saturated carbocycles. The van der Waals surface area contributed by atoms with E-state index in [2.05, 4.69) is 0 Å². The predicted octanol–water partition coefficient (Wildman–Crippen LogP) is 3.90. The monoisotopic (exact) mass is 281 g/mol. The van der Waals surface area contributed by atoms with Gasteiger partial charge in [0.25, 0.3) is 0 Å².